The van der Waals surface area contributed by atoms with Crippen LogP contribution in [0.15, 0.2) is 0 Å². The molecule has 0 radical (unpaired) electrons. The maximum atomic E-state index is 12.7. The molecule has 0 heterocycles. The highest BCUT2D eigenvalue weighted by atomic mass is 31.2. The van der Waals surface area contributed by atoms with Gasteiger partial charge in [-0.15, -0.1) is 0 Å². The molecule has 0 amide bonds. The van der Waals surface area contributed by atoms with Crippen molar-refractivity contribution in [3.8, 4) is 0 Å². The Bertz CT molecular complexity index is 966. The number of hydrogen-bond acceptors (Lipinski definition) is 9. The summed E-state index contributed by atoms with van der Waals surface area (Å²) in [5.41, 5.74) is 0. The molecule has 0 rings (SSSR count). The number of carbonyl (C=O) groups is 2. The van der Waals surface area contributed by atoms with Gasteiger partial charge in [0.25, 0.3) is 0 Å². The average Bonchev–Trinajstić information content (AvgIpc) is 3.24. The summed E-state index contributed by atoms with van der Waals surface area (Å²) >= 11 is 0. The highest BCUT2D eigenvalue weighted by molar-refractivity contribution is 7.47. The third kappa shape index (κ3) is 45.0. The van der Waals surface area contributed by atoms with Gasteiger partial charge in [0, 0.05) is 12.8 Å². The molecule has 0 aliphatic rings. The topological polar surface area (TPSA) is 149 Å². The van der Waals surface area contributed by atoms with E-state index in [4.69, 9.17) is 23.6 Å². The quantitative estimate of drug-likeness (QED) is 0.0306. The minimum Gasteiger partial charge on any atom is -0.462 e. The van der Waals surface area contributed by atoms with Gasteiger partial charge in [0.15, 0.2) is 6.10 Å². The highest BCUT2D eigenvalue weighted by Gasteiger charge is 2.27. The van der Waals surface area contributed by atoms with Crippen molar-refractivity contribution in [1.82, 2.24) is 0 Å². The van der Waals surface area contributed by atoms with E-state index >= 15 is 0 Å². The maximum absolute atomic E-state index is 12.7. The lowest BCUT2D eigenvalue weighted by atomic mass is 10.0. The molecule has 0 fully saturated rings. The monoisotopic (exact) mass is 877 g/mol. The number of carbonyl (C=O) groups excluding carboxylic acids is 2. The first kappa shape index (κ1) is 59.0. The Hall–Kier alpha value is -1.03. The molecule has 0 aromatic rings. The van der Waals surface area contributed by atoms with Gasteiger partial charge in [-0.2, -0.15) is 0 Å². The standard InChI is InChI=1S/C49H97O10P/c1-3-5-7-9-11-13-15-17-19-21-22-23-25-26-28-30-32-34-36-38-40-48(52)56-44-47(45-58-60(54,55)57-43-46(51)42-50)59-49(53)41-39-37-35-33-31-29-27-24-20-18-16-14-12-10-8-6-4-2/h46-47,50-51H,3-45H2,1-2H3,(H,54,55)/t46-,47+/m0/s1. The maximum Gasteiger partial charge on any atom is 0.472 e. The van der Waals surface area contributed by atoms with E-state index in [-0.39, 0.29) is 19.4 Å². The summed E-state index contributed by atoms with van der Waals surface area (Å²) in [5, 5.41) is 18.4. The number of unbranched alkanes of at least 4 members (excludes halogenated alkanes) is 35. The van der Waals surface area contributed by atoms with Gasteiger partial charge in [-0.25, -0.2) is 4.57 Å². The van der Waals surface area contributed by atoms with Crippen LogP contribution in [-0.4, -0.2) is 65.7 Å². The van der Waals surface area contributed by atoms with Crippen molar-refractivity contribution in [2.45, 2.75) is 276 Å². The van der Waals surface area contributed by atoms with Crippen molar-refractivity contribution in [3.63, 3.8) is 0 Å². The third-order valence-electron chi connectivity index (χ3n) is 11.5. The summed E-state index contributed by atoms with van der Waals surface area (Å²) in [6.07, 6.45) is 45.0. The van der Waals surface area contributed by atoms with E-state index in [1.165, 1.54) is 193 Å². The second-order valence-electron chi connectivity index (χ2n) is 17.6. The van der Waals surface area contributed by atoms with Crippen molar-refractivity contribution < 1.29 is 47.8 Å². The Balaban J connectivity index is 4.12. The zero-order valence-corrected chi connectivity index (χ0v) is 40.1. The van der Waals surface area contributed by atoms with Gasteiger partial charge >= 0.3 is 19.8 Å². The van der Waals surface area contributed by atoms with E-state index in [1.807, 2.05) is 0 Å². The number of aliphatic hydroxyl groups excluding tert-OH is 2. The minimum atomic E-state index is -4.61. The first-order valence-electron chi connectivity index (χ1n) is 25.5. The molecule has 0 aliphatic heterocycles. The van der Waals surface area contributed by atoms with Crippen LogP contribution in [-0.2, 0) is 32.7 Å². The van der Waals surface area contributed by atoms with Gasteiger partial charge in [0.05, 0.1) is 19.8 Å². The lowest BCUT2D eigenvalue weighted by Crippen LogP contribution is -2.29. The minimum absolute atomic E-state index is 0.193. The van der Waals surface area contributed by atoms with Gasteiger partial charge < -0.3 is 24.6 Å². The van der Waals surface area contributed by atoms with Crippen molar-refractivity contribution in [1.29, 1.82) is 0 Å². The van der Waals surface area contributed by atoms with Gasteiger partial charge in [-0.05, 0) is 12.8 Å². The average molecular weight is 877 g/mol. The number of hydrogen-bond donors (Lipinski definition) is 3. The first-order chi connectivity index (χ1) is 29.2. The molecule has 0 saturated heterocycles. The molecule has 60 heavy (non-hydrogen) atoms. The summed E-state index contributed by atoms with van der Waals surface area (Å²) in [6.45, 7) is 2.45. The molecule has 0 aromatic carbocycles. The molecule has 0 bridgehead atoms. The van der Waals surface area contributed by atoms with E-state index in [1.54, 1.807) is 0 Å². The summed E-state index contributed by atoms with van der Waals surface area (Å²) in [7, 11) is -4.61. The SMILES string of the molecule is CCCCCCCCCCCCCCCCCCCCCCC(=O)OC[C@H](COP(=O)(O)OC[C@@H](O)CO)OC(=O)CCCCCCCCCCCCCCCCCCC. The Labute approximate surface area is 369 Å². The molecule has 3 atom stereocenters. The Morgan fingerprint density at radius 1 is 0.433 bits per heavy atom. The van der Waals surface area contributed by atoms with Crippen LogP contribution in [0.2, 0.25) is 0 Å². The van der Waals surface area contributed by atoms with Gasteiger partial charge in [-0.3, -0.25) is 18.6 Å². The van der Waals surface area contributed by atoms with Crippen molar-refractivity contribution >= 4 is 19.8 Å². The Morgan fingerprint density at radius 3 is 1.03 bits per heavy atom. The van der Waals surface area contributed by atoms with Crippen LogP contribution in [0.1, 0.15) is 264 Å². The smallest absolute Gasteiger partial charge is 0.462 e. The molecular weight excluding hydrogens is 780 g/mol. The van der Waals surface area contributed by atoms with Crippen molar-refractivity contribution in [3.05, 3.63) is 0 Å². The molecule has 3 N–H and O–H groups in total. The predicted octanol–water partition coefficient (Wildman–Crippen LogP) is 14.2. The summed E-state index contributed by atoms with van der Waals surface area (Å²) in [4.78, 5) is 35.1. The molecule has 358 valence electrons. The Kier molecular flexibility index (Phi) is 45.2. The number of phosphoric acid groups is 1. The van der Waals surface area contributed by atoms with Gasteiger partial charge in [0.1, 0.15) is 12.7 Å². The van der Waals surface area contributed by atoms with E-state index in [9.17, 15) is 24.2 Å². The molecule has 11 heteroatoms. The van der Waals surface area contributed by atoms with Crippen molar-refractivity contribution in [2.75, 3.05) is 26.4 Å². The molecule has 0 saturated carbocycles. The fourth-order valence-corrected chi connectivity index (χ4v) is 8.37. The highest BCUT2D eigenvalue weighted by Crippen LogP contribution is 2.43. The summed E-state index contributed by atoms with van der Waals surface area (Å²) in [6, 6.07) is 0. The van der Waals surface area contributed by atoms with Gasteiger partial charge in [-0.1, -0.05) is 239 Å². The molecule has 0 aliphatic carbocycles. The second kappa shape index (κ2) is 46.0. The van der Waals surface area contributed by atoms with Crippen LogP contribution in [0.3, 0.4) is 0 Å². The lowest BCUT2D eigenvalue weighted by Gasteiger charge is -2.20. The van der Waals surface area contributed by atoms with Crippen LogP contribution >= 0.6 is 7.82 Å². The van der Waals surface area contributed by atoms with Crippen molar-refractivity contribution in [2.24, 2.45) is 0 Å². The molecule has 10 nitrogen and oxygen atoms in total. The van der Waals surface area contributed by atoms with E-state index in [2.05, 4.69) is 13.8 Å². The Morgan fingerprint density at radius 2 is 0.717 bits per heavy atom. The predicted molar refractivity (Wildman–Crippen MR) is 247 cm³/mol. The molecule has 1 unspecified atom stereocenters. The summed E-state index contributed by atoms with van der Waals surface area (Å²) < 4.78 is 32.9. The molecular formula is C49H97O10P. The number of phosphoric ester groups is 1. The van der Waals surface area contributed by atoms with Crippen LogP contribution in [0.5, 0.6) is 0 Å². The largest absolute Gasteiger partial charge is 0.472 e. The van der Waals surface area contributed by atoms with E-state index < -0.39 is 51.8 Å². The zero-order chi connectivity index (χ0) is 44.0. The zero-order valence-electron chi connectivity index (χ0n) is 39.2. The van der Waals surface area contributed by atoms with E-state index in [0.29, 0.717) is 12.8 Å². The van der Waals surface area contributed by atoms with Crippen LogP contribution in [0.4, 0.5) is 0 Å². The van der Waals surface area contributed by atoms with E-state index in [0.717, 1.165) is 32.1 Å². The second-order valence-corrected chi connectivity index (χ2v) is 19.0. The number of ether oxygens (including phenoxy) is 2. The van der Waals surface area contributed by atoms with Crippen LogP contribution in [0, 0.1) is 0 Å². The lowest BCUT2D eigenvalue weighted by molar-refractivity contribution is -0.161. The fourth-order valence-electron chi connectivity index (χ4n) is 7.59. The van der Waals surface area contributed by atoms with Crippen LogP contribution in [0.25, 0.3) is 0 Å². The van der Waals surface area contributed by atoms with Crippen LogP contribution < -0.4 is 0 Å². The summed E-state index contributed by atoms with van der Waals surface area (Å²) in [5.74, 6) is -0.903. The molecule has 0 aromatic heterocycles. The fraction of sp³-hybridized carbons (Fsp3) is 0.959. The number of esters is 2. The third-order valence-corrected chi connectivity index (χ3v) is 12.5. The normalized spacial score (nSPS) is 13.6. The number of aliphatic hydroxyl groups is 2. The first-order valence-corrected chi connectivity index (χ1v) is 27.0. The number of rotatable bonds is 49. The van der Waals surface area contributed by atoms with Gasteiger partial charge in [0.2, 0.25) is 0 Å². The molecule has 0 spiro atoms.